The zero-order valence-corrected chi connectivity index (χ0v) is 11.3. The minimum absolute atomic E-state index is 0.0294. The largest absolute Gasteiger partial charge is 0.501 e. The van der Waals surface area contributed by atoms with Crippen LogP contribution in [0.4, 0.5) is 0 Å². The highest BCUT2D eigenvalue weighted by atomic mass is 16.5. The van der Waals surface area contributed by atoms with Crippen molar-refractivity contribution in [2.45, 2.75) is 40.0 Å². The molecule has 0 spiro atoms. The van der Waals surface area contributed by atoms with Crippen molar-refractivity contribution in [2.24, 2.45) is 5.92 Å². The quantitative estimate of drug-likeness (QED) is 0.508. The molecule has 0 saturated heterocycles. The number of ether oxygens (including phenoxy) is 2. The van der Waals surface area contributed by atoms with Crippen LogP contribution in [0.15, 0.2) is 11.3 Å². The number of hydrogen-bond acceptors (Lipinski definition) is 4. The Hall–Kier alpha value is -1.32. The lowest BCUT2D eigenvalue weighted by atomic mass is 9.93. The lowest BCUT2D eigenvalue weighted by molar-refractivity contribution is -0.141. The number of ketones is 1. The zero-order valence-electron chi connectivity index (χ0n) is 11.3. The SMILES string of the molecule is CC/C(=C(\CC(C)=O)OC)C(C)CC(=O)OC. The molecule has 0 aromatic heterocycles. The van der Waals surface area contributed by atoms with Crippen LogP contribution in [0, 0.1) is 5.92 Å². The Morgan fingerprint density at radius 1 is 1.18 bits per heavy atom. The molecular weight excluding hydrogens is 220 g/mol. The van der Waals surface area contributed by atoms with Crippen LogP contribution in [0.1, 0.15) is 40.0 Å². The van der Waals surface area contributed by atoms with Crippen LogP contribution in [-0.2, 0) is 19.1 Å². The van der Waals surface area contributed by atoms with E-state index in [1.165, 1.54) is 14.0 Å². The van der Waals surface area contributed by atoms with E-state index in [1.807, 2.05) is 13.8 Å². The summed E-state index contributed by atoms with van der Waals surface area (Å²) in [5.41, 5.74) is 1.01. The fourth-order valence-corrected chi connectivity index (χ4v) is 1.82. The molecule has 98 valence electrons. The van der Waals surface area contributed by atoms with Gasteiger partial charge in [0.2, 0.25) is 0 Å². The number of carbonyl (C=O) groups is 2. The van der Waals surface area contributed by atoms with E-state index in [2.05, 4.69) is 4.74 Å². The summed E-state index contributed by atoms with van der Waals surface area (Å²) in [7, 11) is 2.93. The molecule has 0 bridgehead atoms. The predicted octanol–water partition coefficient (Wildman–Crippen LogP) is 2.48. The van der Waals surface area contributed by atoms with Crippen molar-refractivity contribution in [3.05, 3.63) is 11.3 Å². The lowest BCUT2D eigenvalue weighted by Gasteiger charge is -2.18. The first kappa shape index (κ1) is 15.7. The molecule has 0 amide bonds. The minimum atomic E-state index is -0.248. The highest BCUT2D eigenvalue weighted by Crippen LogP contribution is 2.24. The highest BCUT2D eigenvalue weighted by molar-refractivity contribution is 5.78. The molecule has 0 aliphatic carbocycles. The summed E-state index contributed by atoms with van der Waals surface area (Å²) in [6.45, 7) is 5.45. The molecule has 0 saturated carbocycles. The molecule has 17 heavy (non-hydrogen) atoms. The van der Waals surface area contributed by atoms with Gasteiger partial charge in [0.05, 0.1) is 27.1 Å². The van der Waals surface area contributed by atoms with Crippen LogP contribution in [-0.4, -0.2) is 26.0 Å². The first-order chi connectivity index (χ1) is 7.96. The van der Waals surface area contributed by atoms with Gasteiger partial charge in [-0.3, -0.25) is 9.59 Å². The van der Waals surface area contributed by atoms with Crippen molar-refractivity contribution in [3.8, 4) is 0 Å². The van der Waals surface area contributed by atoms with E-state index in [1.54, 1.807) is 7.11 Å². The molecule has 0 aliphatic heterocycles. The number of Topliss-reactive ketones (excluding diaryl/α,β-unsaturated/α-hetero) is 1. The van der Waals surface area contributed by atoms with E-state index in [0.717, 1.165) is 12.0 Å². The van der Waals surface area contributed by atoms with Crippen LogP contribution in [0.5, 0.6) is 0 Å². The third-order valence-electron chi connectivity index (χ3n) is 2.69. The zero-order chi connectivity index (χ0) is 13.4. The second-order valence-electron chi connectivity index (χ2n) is 4.07. The highest BCUT2D eigenvalue weighted by Gasteiger charge is 2.18. The van der Waals surface area contributed by atoms with Gasteiger partial charge in [0.25, 0.3) is 0 Å². The summed E-state index contributed by atoms with van der Waals surface area (Å²) in [6.07, 6.45) is 1.35. The molecule has 0 fully saturated rings. The Morgan fingerprint density at radius 2 is 1.76 bits per heavy atom. The molecule has 0 rings (SSSR count). The van der Waals surface area contributed by atoms with Gasteiger partial charge in [-0.2, -0.15) is 0 Å². The average molecular weight is 242 g/mol. The summed E-state index contributed by atoms with van der Waals surface area (Å²) in [5, 5.41) is 0. The fourth-order valence-electron chi connectivity index (χ4n) is 1.82. The van der Waals surface area contributed by atoms with E-state index < -0.39 is 0 Å². The third-order valence-corrected chi connectivity index (χ3v) is 2.69. The second-order valence-corrected chi connectivity index (χ2v) is 4.07. The number of rotatable bonds is 7. The van der Waals surface area contributed by atoms with Gasteiger partial charge >= 0.3 is 5.97 Å². The third kappa shape index (κ3) is 5.52. The standard InChI is InChI=1S/C13H22O4/c1-6-11(9(2)7-13(15)17-5)12(16-4)8-10(3)14/h9H,6-8H2,1-5H3/b12-11-. The number of hydrogen-bond donors (Lipinski definition) is 0. The smallest absolute Gasteiger partial charge is 0.306 e. The van der Waals surface area contributed by atoms with Crippen molar-refractivity contribution < 1.29 is 19.1 Å². The van der Waals surface area contributed by atoms with Crippen LogP contribution >= 0.6 is 0 Å². The van der Waals surface area contributed by atoms with Crippen molar-refractivity contribution in [1.29, 1.82) is 0 Å². The lowest BCUT2D eigenvalue weighted by Crippen LogP contribution is -2.12. The predicted molar refractivity (Wildman–Crippen MR) is 65.4 cm³/mol. The maximum Gasteiger partial charge on any atom is 0.306 e. The van der Waals surface area contributed by atoms with E-state index in [-0.39, 0.29) is 24.1 Å². The molecule has 4 heteroatoms. The Morgan fingerprint density at radius 3 is 2.12 bits per heavy atom. The molecule has 0 aromatic rings. The summed E-state index contributed by atoms with van der Waals surface area (Å²) < 4.78 is 9.90. The molecule has 0 aromatic carbocycles. The van der Waals surface area contributed by atoms with Crippen molar-refractivity contribution >= 4 is 11.8 Å². The van der Waals surface area contributed by atoms with Crippen LogP contribution in [0.2, 0.25) is 0 Å². The maximum absolute atomic E-state index is 11.2. The molecule has 0 aliphatic rings. The minimum Gasteiger partial charge on any atom is -0.501 e. The van der Waals surface area contributed by atoms with Gasteiger partial charge in [-0.05, 0) is 24.8 Å². The van der Waals surface area contributed by atoms with Crippen LogP contribution in [0.3, 0.4) is 0 Å². The molecule has 1 atom stereocenters. The first-order valence-electron chi connectivity index (χ1n) is 5.78. The van der Waals surface area contributed by atoms with Gasteiger partial charge in [0.15, 0.2) is 0 Å². The molecule has 0 radical (unpaired) electrons. The normalized spacial score (nSPS) is 13.7. The maximum atomic E-state index is 11.2. The molecular formula is C13H22O4. The Kier molecular flexibility index (Phi) is 7.26. The fraction of sp³-hybridized carbons (Fsp3) is 0.692. The topological polar surface area (TPSA) is 52.6 Å². The molecule has 1 unspecified atom stereocenters. The van der Waals surface area contributed by atoms with E-state index in [9.17, 15) is 9.59 Å². The molecule has 0 heterocycles. The van der Waals surface area contributed by atoms with Gasteiger partial charge in [-0.1, -0.05) is 13.8 Å². The Balaban J connectivity index is 4.91. The van der Waals surface area contributed by atoms with Crippen molar-refractivity contribution in [2.75, 3.05) is 14.2 Å². The van der Waals surface area contributed by atoms with Gasteiger partial charge < -0.3 is 9.47 Å². The first-order valence-corrected chi connectivity index (χ1v) is 5.78. The van der Waals surface area contributed by atoms with Crippen LogP contribution in [0.25, 0.3) is 0 Å². The number of allylic oxidation sites excluding steroid dienone is 2. The van der Waals surface area contributed by atoms with E-state index in [4.69, 9.17) is 4.74 Å². The number of esters is 1. The van der Waals surface area contributed by atoms with Gasteiger partial charge in [0.1, 0.15) is 11.5 Å². The number of carbonyl (C=O) groups excluding carboxylic acids is 2. The van der Waals surface area contributed by atoms with E-state index >= 15 is 0 Å². The summed E-state index contributed by atoms with van der Waals surface area (Å²) >= 11 is 0. The Bertz CT molecular complexity index is 305. The summed E-state index contributed by atoms with van der Waals surface area (Å²) in [4.78, 5) is 22.4. The van der Waals surface area contributed by atoms with E-state index in [0.29, 0.717) is 12.2 Å². The van der Waals surface area contributed by atoms with Crippen molar-refractivity contribution in [1.82, 2.24) is 0 Å². The average Bonchev–Trinajstić information content (AvgIpc) is 2.27. The monoisotopic (exact) mass is 242 g/mol. The van der Waals surface area contributed by atoms with Crippen molar-refractivity contribution in [3.63, 3.8) is 0 Å². The van der Waals surface area contributed by atoms with Crippen LogP contribution < -0.4 is 0 Å². The second kappa shape index (κ2) is 7.87. The summed E-state index contributed by atoms with van der Waals surface area (Å²) in [6, 6.07) is 0. The number of methoxy groups -OCH3 is 2. The summed E-state index contributed by atoms with van der Waals surface area (Å²) in [5.74, 6) is 0.512. The molecule has 0 N–H and O–H groups in total. The Labute approximate surface area is 103 Å². The van der Waals surface area contributed by atoms with Gasteiger partial charge in [-0.15, -0.1) is 0 Å². The van der Waals surface area contributed by atoms with Gasteiger partial charge in [0, 0.05) is 0 Å². The molecule has 4 nitrogen and oxygen atoms in total. The van der Waals surface area contributed by atoms with Gasteiger partial charge in [-0.25, -0.2) is 0 Å².